The second kappa shape index (κ2) is 14.5. The highest BCUT2D eigenvalue weighted by Crippen LogP contribution is 2.10. The first-order valence-corrected chi connectivity index (χ1v) is 7.57. The van der Waals surface area contributed by atoms with E-state index in [0.29, 0.717) is 6.42 Å². The Hall–Kier alpha value is -0.570. The molecule has 0 aliphatic heterocycles. The molecule has 0 aliphatic carbocycles. The van der Waals surface area contributed by atoms with Gasteiger partial charge in [0.2, 0.25) is 0 Å². The number of unbranched alkanes of at least 4 members (excludes halogenated alkanes) is 8. The lowest BCUT2D eigenvalue weighted by molar-refractivity contribution is -0.137. The molecule has 0 spiro atoms. The topological polar surface area (TPSA) is 46.5 Å². The molecule has 0 aliphatic rings. The molecule has 0 saturated carbocycles. The van der Waals surface area contributed by atoms with Gasteiger partial charge in [-0.2, -0.15) is 0 Å². The number of hydrogen-bond acceptors (Lipinski definition) is 2. The maximum atomic E-state index is 10.3. The molecule has 3 nitrogen and oxygen atoms in total. The van der Waals surface area contributed by atoms with Crippen molar-refractivity contribution in [3.8, 4) is 0 Å². The molecule has 0 amide bonds. The van der Waals surface area contributed by atoms with E-state index in [-0.39, 0.29) is 0 Å². The molecule has 0 aromatic rings. The Labute approximate surface area is 112 Å². The third kappa shape index (κ3) is 15.4. The first-order chi connectivity index (χ1) is 8.77. The van der Waals surface area contributed by atoms with Gasteiger partial charge in [0.1, 0.15) is 0 Å². The van der Waals surface area contributed by atoms with E-state index in [0.717, 1.165) is 32.5 Å². The lowest BCUT2D eigenvalue weighted by Gasteiger charge is -2.03. The molecule has 0 saturated heterocycles. The number of hydrogen-bond donors (Lipinski definition) is 1. The Morgan fingerprint density at radius 2 is 1.33 bits per heavy atom. The number of carbonyl (C=O) groups is 1. The van der Waals surface area contributed by atoms with E-state index in [2.05, 4.69) is 6.92 Å². The van der Waals surface area contributed by atoms with Gasteiger partial charge in [0.15, 0.2) is 0 Å². The fourth-order valence-electron chi connectivity index (χ4n) is 1.96. The van der Waals surface area contributed by atoms with Crippen molar-refractivity contribution in [1.29, 1.82) is 0 Å². The van der Waals surface area contributed by atoms with Crippen LogP contribution in [0.1, 0.15) is 77.6 Å². The van der Waals surface area contributed by atoms with Crippen LogP contribution in [-0.4, -0.2) is 24.3 Å². The third-order valence-electron chi connectivity index (χ3n) is 3.03. The van der Waals surface area contributed by atoms with E-state index in [9.17, 15) is 4.79 Å². The summed E-state index contributed by atoms with van der Waals surface area (Å²) < 4.78 is 5.43. The van der Waals surface area contributed by atoms with E-state index in [4.69, 9.17) is 9.84 Å². The SMILES string of the molecule is CCCOCCCCCCCCCCCC(=O)O. The maximum absolute atomic E-state index is 10.3. The van der Waals surface area contributed by atoms with E-state index in [1.165, 1.54) is 44.9 Å². The van der Waals surface area contributed by atoms with Crippen molar-refractivity contribution in [2.24, 2.45) is 0 Å². The molecule has 0 unspecified atom stereocenters. The highest BCUT2D eigenvalue weighted by molar-refractivity contribution is 5.66. The fourth-order valence-corrected chi connectivity index (χ4v) is 1.96. The summed E-state index contributed by atoms with van der Waals surface area (Å²) in [5.41, 5.74) is 0. The molecule has 0 aromatic carbocycles. The van der Waals surface area contributed by atoms with Crippen LogP contribution in [0.5, 0.6) is 0 Å². The first-order valence-electron chi connectivity index (χ1n) is 7.57. The molecular weight excluding hydrogens is 228 g/mol. The molecule has 0 fully saturated rings. The van der Waals surface area contributed by atoms with Crippen LogP contribution in [0.15, 0.2) is 0 Å². The van der Waals surface area contributed by atoms with Crippen molar-refractivity contribution in [1.82, 2.24) is 0 Å². The van der Waals surface area contributed by atoms with Crippen LogP contribution in [0, 0.1) is 0 Å². The molecule has 0 radical (unpaired) electrons. The molecule has 18 heavy (non-hydrogen) atoms. The molecular formula is C15H30O3. The minimum atomic E-state index is -0.666. The van der Waals surface area contributed by atoms with E-state index in [1.54, 1.807) is 0 Å². The number of aliphatic carboxylic acids is 1. The molecule has 0 heterocycles. The van der Waals surface area contributed by atoms with Crippen LogP contribution < -0.4 is 0 Å². The highest BCUT2D eigenvalue weighted by atomic mass is 16.5. The van der Waals surface area contributed by atoms with Gasteiger partial charge in [-0.05, 0) is 19.3 Å². The maximum Gasteiger partial charge on any atom is 0.303 e. The van der Waals surface area contributed by atoms with Gasteiger partial charge in [-0.1, -0.05) is 51.9 Å². The van der Waals surface area contributed by atoms with Gasteiger partial charge < -0.3 is 9.84 Å². The largest absolute Gasteiger partial charge is 0.481 e. The van der Waals surface area contributed by atoms with Gasteiger partial charge in [0.25, 0.3) is 0 Å². The van der Waals surface area contributed by atoms with Gasteiger partial charge in [-0.15, -0.1) is 0 Å². The van der Waals surface area contributed by atoms with E-state index >= 15 is 0 Å². The van der Waals surface area contributed by atoms with Crippen molar-refractivity contribution in [2.75, 3.05) is 13.2 Å². The van der Waals surface area contributed by atoms with Crippen LogP contribution >= 0.6 is 0 Å². The van der Waals surface area contributed by atoms with Crippen LogP contribution in [0.3, 0.4) is 0 Å². The molecule has 0 bridgehead atoms. The Bertz CT molecular complexity index is 181. The summed E-state index contributed by atoms with van der Waals surface area (Å²) in [6.07, 6.45) is 12.2. The summed E-state index contributed by atoms with van der Waals surface area (Å²) in [7, 11) is 0. The van der Waals surface area contributed by atoms with Crippen LogP contribution in [-0.2, 0) is 9.53 Å². The summed E-state index contributed by atoms with van der Waals surface area (Å²) in [5.74, 6) is -0.666. The molecule has 3 heteroatoms. The van der Waals surface area contributed by atoms with Crippen LogP contribution in [0.2, 0.25) is 0 Å². The summed E-state index contributed by atoms with van der Waals surface area (Å²) in [4.78, 5) is 10.3. The fraction of sp³-hybridized carbons (Fsp3) is 0.933. The summed E-state index contributed by atoms with van der Waals surface area (Å²) in [6, 6.07) is 0. The van der Waals surface area contributed by atoms with Crippen molar-refractivity contribution in [3.05, 3.63) is 0 Å². The highest BCUT2D eigenvalue weighted by Gasteiger charge is 1.96. The average Bonchev–Trinajstić information content (AvgIpc) is 2.34. The Morgan fingerprint density at radius 3 is 1.83 bits per heavy atom. The van der Waals surface area contributed by atoms with Gasteiger partial charge in [0, 0.05) is 19.6 Å². The van der Waals surface area contributed by atoms with Gasteiger partial charge in [-0.25, -0.2) is 0 Å². The van der Waals surface area contributed by atoms with Gasteiger partial charge in [0.05, 0.1) is 0 Å². The zero-order chi connectivity index (χ0) is 13.5. The zero-order valence-electron chi connectivity index (χ0n) is 12.0. The first kappa shape index (κ1) is 17.4. The number of ether oxygens (including phenoxy) is 1. The number of carboxylic acid groups (broad SMARTS) is 1. The lowest BCUT2D eigenvalue weighted by atomic mass is 10.1. The second-order valence-electron chi connectivity index (χ2n) is 4.94. The average molecular weight is 258 g/mol. The summed E-state index contributed by atoms with van der Waals surface area (Å²) >= 11 is 0. The normalized spacial score (nSPS) is 10.7. The van der Waals surface area contributed by atoms with Crippen molar-refractivity contribution in [2.45, 2.75) is 77.6 Å². The minimum absolute atomic E-state index is 0.331. The number of rotatable bonds is 14. The molecule has 0 aromatic heterocycles. The summed E-state index contributed by atoms with van der Waals surface area (Å²) in [5, 5.41) is 8.48. The predicted molar refractivity (Wildman–Crippen MR) is 74.9 cm³/mol. The number of carboxylic acids is 1. The van der Waals surface area contributed by atoms with Crippen LogP contribution in [0.4, 0.5) is 0 Å². The predicted octanol–water partition coefficient (Wildman–Crippen LogP) is 4.40. The molecule has 0 rings (SSSR count). The Kier molecular flexibility index (Phi) is 14.0. The minimum Gasteiger partial charge on any atom is -0.481 e. The van der Waals surface area contributed by atoms with Crippen molar-refractivity contribution >= 4 is 5.97 Å². The quantitative estimate of drug-likeness (QED) is 0.470. The van der Waals surface area contributed by atoms with E-state index in [1.807, 2.05) is 0 Å². The van der Waals surface area contributed by atoms with Crippen molar-refractivity contribution < 1.29 is 14.6 Å². The molecule has 0 atom stereocenters. The molecule has 108 valence electrons. The zero-order valence-corrected chi connectivity index (χ0v) is 12.0. The second-order valence-corrected chi connectivity index (χ2v) is 4.94. The van der Waals surface area contributed by atoms with Gasteiger partial charge in [-0.3, -0.25) is 4.79 Å². The Morgan fingerprint density at radius 1 is 0.833 bits per heavy atom. The van der Waals surface area contributed by atoms with E-state index < -0.39 is 5.97 Å². The third-order valence-corrected chi connectivity index (χ3v) is 3.03. The standard InChI is InChI=1S/C15H30O3/c1-2-13-18-14-11-9-7-5-3-4-6-8-10-12-15(16)17/h2-14H2,1H3,(H,16,17). The van der Waals surface area contributed by atoms with Gasteiger partial charge >= 0.3 is 5.97 Å². The lowest BCUT2D eigenvalue weighted by Crippen LogP contribution is -1.95. The van der Waals surface area contributed by atoms with Crippen molar-refractivity contribution in [3.63, 3.8) is 0 Å². The smallest absolute Gasteiger partial charge is 0.303 e. The monoisotopic (exact) mass is 258 g/mol. The van der Waals surface area contributed by atoms with Crippen LogP contribution in [0.25, 0.3) is 0 Å². The Balaban J connectivity index is 2.92. The molecule has 1 N–H and O–H groups in total. The summed E-state index contributed by atoms with van der Waals surface area (Å²) in [6.45, 7) is 3.95.